The molecule has 1 amide bonds. The molecule has 33 heavy (non-hydrogen) atoms. The second-order valence-electron chi connectivity index (χ2n) is 7.01. The molecule has 3 aromatic rings. The number of pyridine rings is 1. The Morgan fingerprint density at radius 1 is 1.21 bits per heavy atom. The zero-order valence-electron chi connectivity index (χ0n) is 16.8. The van der Waals surface area contributed by atoms with Gasteiger partial charge in [0.2, 0.25) is 0 Å². The van der Waals surface area contributed by atoms with Gasteiger partial charge < -0.3 is 24.8 Å². The maximum Gasteiger partial charge on any atom is 0.573 e. The molecule has 172 valence electrons. The molecular formula is C22H17ClF3N3O4. The molecule has 0 aliphatic carbocycles. The number of nitrogens with one attached hydrogen (secondary N) is 1. The second kappa shape index (κ2) is 9.16. The smallest absolute Gasteiger partial charge is 0.488 e. The first-order valence-electron chi connectivity index (χ1n) is 9.70. The van der Waals surface area contributed by atoms with E-state index in [1.54, 1.807) is 41.4 Å². The molecule has 0 bridgehead atoms. The Bertz CT molecular complexity index is 1160. The fraction of sp³-hybridized carbons (Fsp3) is 0.182. The number of benzene rings is 2. The van der Waals surface area contributed by atoms with E-state index in [4.69, 9.17) is 16.3 Å². The number of carbonyl (C=O) groups excluding carboxylic acids is 1. The van der Waals surface area contributed by atoms with Crippen molar-refractivity contribution in [3.8, 4) is 11.5 Å². The number of halogens is 4. The van der Waals surface area contributed by atoms with Crippen molar-refractivity contribution >= 4 is 34.7 Å². The number of hydrogen-bond acceptors (Lipinski definition) is 6. The fourth-order valence-electron chi connectivity index (χ4n) is 3.41. The van der Waals surface area contributed by atoms with E-state index < -0.39 is 24.1 Å². The Labute approximate surface area is 191 Å². The monoisotopic (exact) mass is 479 g/mol. The quantitative estimate of drug-likeness (QED) is 0.548. The molecule has 2 aromatic carbocycles. The van der Waals surface area contributed by atoms with Crippen LogP contribution in [0.4, 0.5) is 30.4 Å². The molecule has 4 rings (SSSR count). The van der Waals surface area contributed by atoms with Crippen LogP contribution in [-0.4, -0.2) is 41.6 Å². The summed E-state index contributed by atoms with van der Waals surface area (Å²) in [7, 11) is 0. The number of nitrogens with zero attached hydrogens (tertiary/aromatic N) is 2. The van der Waals surface area contributed by atoms with E-state index in [9.17, 15) is 23.1 Å². The zero-order valence-corrected chi connectivity index (χ0v) is 17.6. The highest BCUT2D eigenvalue weighted by atomic mass is 35.5. The van der Waals surface area contributed by atoms with Crippen molar-refractivity contribution in [2.45, 2.75) is 12.4 Å². The van der Waals surface area contributed by atoms with Crippen LogP contribution in [0.1, 0.15) is 10.4 Å². The summed E-state index contributed by atoms with van der Waals surface area (Å²) in [5, 5.41) is 12.8. The highest BCUT2D eigenvalue weighted by molar-refractivity contribution is 6.33. The number of hydrogen-bond donors (Lipinski definition) is 2. The van der Waals surface area contributed by atoms with Gasteiger partial charge in [0, 0.05) is 11.9 Å². The Hall–Kier alpha value is -3.50. The number of aromatic nitrogens is 1. The largest absolute Gasteiger partial charge is 0.573 e. The van der Waals surface area contributed by atoms with Crippen LogP contribution in [0.15, 0.2) is 60.8 Å². The summed E-state index contributed by atoms with van der Waals surface area (Å²) in [6, 6.07) is 12.5. The van der Waals surface area contributed by atoms with Crippen LogP contribution in [0.2, 0.25) is 5.02 Å². The lowest BCUT2D eigenvalue weighted by molar-refractivity contribution is -0.274. The third kappa shape index (κ3) is 4.96. The van der Waals surface area contributed by atoms with Crippen molar-refractivity contribution in [3.63, 3.8) is 0 Å². The van der Waals surface area contributed by atoms with Crippen LogP contribution in [0.25, 0.3) is 0 Å². The summed E-state index contributed by atoms with van der Waals surface area (Å²) in [5.74, 6) is -0.274. The molecular weight excluding hydrogens is 463 g/mol. The Morgan fingerprint density at radius 2 is 1.97 bits per heavy atom. The summed E-state index contributed by atoms with van der Waals surface area (Å²) in [6.45, 7) is -0.167. The van der Waals surface area contributed by atoms with Gasteiger partial charge in [-0.05, 0) is 48.5 Å². The number of aliphatic hydroxyl groups excluding tert-OH is 1. The number of para-hydroxylation sites is 1. The molecule has 1 aliphatic heterocycles. The number of ether oxygens (including phenoxy) is 2. The molecule has 0 saturated heterocycles. The van der Waals surface area contributed by atoms with E-state index in [2.05, 4.69) is 15.0 Å². The van der Waals surface area contributed by atoms with Gasteiger partial charge in [-0.15, -0.1) is 13.2 Å². The number of rotatable bonds is 5. The lowest BCUT2D eigenvalue weighted by Gasteiger charge is -2.37. The number of aliphatic hydroxyl groups is 1. The zero-order chi connectivity index (χ0) is 23.6. The van der Waals surface area contributed by atoms with E-state index in [0.29, 0.717) is 16.5 Å². The van der Waals surface area contributed by atoms with Crippen LogP contribution < -0.4 is 19.7 Å². The van der Waals surface area contributed by atoms with Crippen LogP contribution in [0.3, 0.4) is 0 Å². The first-order valence-corrected chi connectivity index (χ1v) is 10.1. The van der Waals surface area contributed by atoms with Crippen molar-refractivity contribution in [1.82, 2.24) is 4.98 Å². The maximum atomic E-state index is 12.9. The normalized spacial score (nSPS) is 15.4. The summed E-state index contributed by atoms with van der Waals surface area (Å²) < 4.78 is 46.6. The van der Waals surface area contributed by atoms with E-state index in [-0.39, 0.29) is 30.2 Å². The Balaban J connectivity index is 1.62. The van der Waals surface area contributed by atoms with Crippen molar-refractivity contribution in [2.24, 2.45) is 0 Å². The highest BCUT2D eigenvalue weighted by Gasteiger charge is 2.33. The van der Waals surface area contributed by atoms with Crippen LogP contribution >= 0.6 is 11.6 Å². The van der Waals surface area contributed by atoms with Gasteiger partial charge in [0.05, 0.1) is 28.9 Å². The molecule has 0 spiro atoms. The van der Waals surface area contributed by atoms with E-state index in [0.717, 1.165) is 12.1 Å². The van der Waals surface area contributed by atoms with Crippen molar-refractivity contribution in [3.05, 3.63) is 71.4 Å². The second-order valence-corrected chi connectivity index (χ2v) is 7.41. The summed E-state index contributed by atoms with van der Waals surface area (Å²) >= 11 is 6.32. The molecule has 1 aliphatic rings. The maximum absolute atomic E-state index is 12.9. The SMILES string of the molecule is O=C(Nc1ccc(OC(F)(F)F)cc1)c1cccc2c1OC[C@H](CO)N2c1ncccc1Cl. The van der Waals surface area contributed by atoms with Crippen molar-refractivity contribution < 1.29 is 32.5 Å². The average Bonchev–Trinajstić information content (AvgIpc) is 2.78. The number of fused-ring (bicyclic) bond motifs is 1. The van der Waals surface area contributed by atoms with Gasteiger partial charge in [0.15, 0.2) is 11.6 Å². The minimum Gasteiger partial charge on any atom is -0.488 e. The molecule has 0 saturated carbocycles. The molecule has 1 atom stereocenters. The molecule has 11 heteroatoms. The lowest BCUT2D eigenvalue weighted by Crippen LogP contribution is -2.43. The van der Waals surface area contributed by atoms with E-state index in [1.165, 1.54) is 12.1 Å². The Morgan fingerprint density at radius 3 is 2.64 bits per heavy atom. The standard InChI is InChI=1S/C22H17ClF3N3O4/c23-17-4-2-10-27-20(17)29-14(11-30)12-32-19-16(3-1-5-18(19)29)21(31)28-13-6-8-15(9-7-13)33-22(24,25)26/h1-10,14,30H,11-12H2,(H,28,31)/t14-/m0/s1. The van der Waals surface area contributed by atoms with E-state index in [1.807, 2.05) is 0 Å². The Kier molecular flexibility index (Phi) is 6.30. The van der Waals surface area contributed by atoms with Gasteiger partial charge in [-0.1, -0.05) is 17.7 Å². The minimum atomic E-state index is -4.81. The van der Waals surface area contributed by atoms with Gasteiger partial charge in [-0.25, -0.2) is 4.98 Å². The third-order valence-corrected chi connectivity index (χ3v) is 5.10. The number of carbonyl (C=O) groups is 1. The number of alkyl halides is 3. The number of amides is 1. The minimum absolute atomic E-state index is 0.0736. The predicted octanol–water partition coefficient (Wildman–Crippen LogP) is 4.78. The summed E-state index contributed by atoms with van der Waals surface area (Å²) in [5.41, 5.74) is 0.944. The van der Waals surface area contributed by atoms with Crippen LogP contribution in [0, 0.1) is 0 Å². The first-order chi connectivity index (χ1) is 15.8. The van der Waals surface area contributed by atoms with Gasteiger partial charge in [0.25, 0.3) is 5.91 Å². The first kappa shape index (κ1) is 22.7. The number of anilines is 3. The molecule has 0 radical (unpaired) electrons. The van der Waals surface area contributed by atoms with Gasteiger partial charge in [0.1, 0.15) is 12.4 Å². The molecule has 1 aromatic heterocycles. The summed E-state index contributed by atoms with van der Waals surface area (Å²) in [4.78, 5) is 19.0. The van der Waals surface area contributed by atoms with Crippen molar-refractivity contribution in [2.75, 3.05) is 23.4 Å². The fourth-order valence-corrected chi connectivity index (χ4v) is 3.62. The highest BCUT2D eigenvalue weighted by Crippen LogP contribution is 2.42. The van der Waals surface area contributed by atoms with Crippen LogP contribution in [-0.2, 0) is 0 Å². The van der Waals surface area contributed by atoms with E-state index >= 15 is 0 Å². The average molecular weight is 480 g/mol. The molecule has 2 N–H and O–H groups in total. The molecule has 7 nitrogen and oxygen atoms in total. The van der Waals surface area contributed by atoms with Crippen LogP contribution in [0.5, 0.6) is 11.5 Å². The van der Waals surface area contributed by atoms with Gasteiger partial charge in [-0.3, -0.25) is 4.79 Å². The molecule has 0 unspecified atom stereocenters. The van der Waals surface area contributed by atoms with Gasteiger partial charge >= 0.3 is 6.36 Å². The topological polar surface area (TPSA) is 83.9 Å². The summed E-state index contributed by atoms with van der Waals surface area (Å²) in [6.07, 6.45) is -3.24. The van der Waals surface area contributed by atoms with Gasteiger partial charge in [-0.2, -0.15) is 0 Å². The van der Waals surface area contributed by atoms with Crippen molar-refractivity contribution in [1.29, 1.82) is 0 Å². The third-order valence-electron chi connectivity index (χ3n) is 4.81. The molecule has 0 fully saturated rings. The predicted molar refractivity (Wildman–Crippen MR) is 115 cm³/mol. The lowest BCUT2D eigenvalue weighted by atomic mass is 10.1. The molecule has 2 heterocycles.